The van der Waals surface area contributed by atoms with Gasteiger partial charge in [0.1, 0.15) is 0 Å². The van der Waals surface area contributed by atoms with Crippen LogP contribution in [-0.4, -0.2) is 14.2 Å². The summed E-state index contributed by atoms with van der Waals surface area (Å²) in [6, 6.07) is 25.5. The first-order valence-corrected chi connectivity index (χ1v) is 14.5. The van der Waals surface area contributed by atoms with Crippen LogP contribution in [0, 0.1) is 10.5 Å². The first kappa shape index (κ1) is 24.2. The average Bonchev–Trinajstić information content (AvgIpc) is 2.78. The Labute approximate surface area is 197 Å². The fourth-order valence-electron chi connectivity index (χ4n) is 2.95. The van der Waals surface area contributed by atoms with Crippen LogP contribution in [0.3, 0.4) is 0 Å². The Morgan fingerprint density at radius 1 is 0.875 bits per heavy atom. The molecule has 0 aromatic heterocycles. The van der Waals surface area contributed by atoms with Crippen molar-refractivity contribution >= 4 is 36.1 Å². The molecule has 3 aromatic rings. The van der Waals surface area contributed by atoms with Gasteiger partial charge in [0.15, 0.2) is 0 Å². The topological polar surface area (TPSA) is 72.5 Å². The Kier molecular flexibility index (Phi) is 8.22. The molecule has 5 nitrogen and oxygen atoms in total. The molecule has 3 aromatic carbocycles. The third-order valence-corrected chi connectivity index (χ3v) is 12.6. The second-order valence-electron chi connectivity index (χ2n) is 7.21. The molecule has 3 rings (SSSR count). The summed E-state index contributed by atoms with van der Waals surface area (Å²) in [5.41, 5.74) is 2.64. The van der Waals surface area contributed by atoms with Gasteiger partial charge in [-0.2, -0.15) is 0 Å². The molecule has 32 heavy (non-hydrogen) atoms. The number of hydrogen-bond donors (Lipinski definition) is 1. The van der Waals surface area contributed by atoms with E-state index in [-0.39, 0.29) is 10.7 Å². The number of Topliss-reactive ketones (excluding diaryl/α,β-unsaturated/α-hetero) is 1. The summed E-state index contributed by atoms with van der Waals surface area (Å²) in [6.45, 7) is 5.67. The molecule has 1 N–H and O–H groups in total. The first-order chi connectivity index (χ1) is 15.3. The SMILES string of the molecule is CC(=O)/C(=C(/C)NCc1ccccc1)I(OS(=O)(=O)c1ccc(C)cc1)c1ccccc1. The Balaban J connectivity index is 2.00. The van der Waals surface area contributed by atoms with Crippen LogP contribution in [0.4, 0.5) is 0 Å². The third-order valence-electron chi connectivity index (χ3n) is 4.60. The fraction of sp³-hybridized carbons (Fsp3) is 0.160. The molecular formula is C25H26INO4S. The fourth-order valence-corrected chi connectivity index (χ4v) is 10.3. The van der Waals surface area contributed by atoms with Crippen molar-refractivity contribution in [1.29, 1.82) is 0 Å². The number of carbonyl (C=O) groups is 1. The summed E-state index contributed by atoms with van der Waals surface area (Å²) in [4.78, 5) is 12.8. The molecule has 0 aliphatic heterocycles. The predicted octanol–water partition coefficient (Wildman–Crippen LogP) is 5.60. The number of rotatable bonds is 9. The first-order valence-electron chi connectivity index (χ1n) is 10.0. The molecule has 0 saturated heterocycles. The van der Waals surface area contributed by atoms with E-state index in [0.717, 1.165) is 14.7 Å². The van der Waals surface area contributed by atoms with Crippen LogP contribution >= 0.6 is 20.2 Å². The van der Waals surface area contributed by atoms with Crippen LogP contribution in [0.2, 0.25) is 0 Å². The van der Waals surface area contributed by atoms with Gasteiger partial charge >= 0.3 is 198 Å². The van der Waals surface area contributed by atoms with Gasteiger partial charge in [0.2, 0.25) is 0 Å². The van der Waals surface area contributed by atoms with Crippen LogP contribution in [0.1, 0.15) is 25.0 Å². The zero-order valence-corrected chi connectivity index (χ0v) is 21.2. The number of halogens is 1. The standard InChI is InChI=1S/C25H26INO4S/c1-19-14-16-24(17-15-19)32(29,30)31-26(23-12-8-5-9-13-23)25(21(3)28)20(2)27-18-22-10-6-4-7-11-22/h4-17,27H,18H2,1-3H3/b25-20+. The molecule has 0 amide bonds. The molecule has 7 heteroatoms. The molecule has 0 fully saturated rings. The van der Waals surface area contributed by atoms with Gasteiger partial charge in [0.05, 0.1) is 0 Å². The predicted molar refractivity (Wildman–Crippen MR) is 135 cm³/mol. The summed E-state index contributed by atoms with van der Waals surface area (Å²) in [5, 5.41) is 3.29. The molecule has 168 valence electrons. The van der Waals surface area contributed by atoms with Crippen molar-refractivity contribution in [3.05, 3.63) is 109 Å². The monoisotopic (exact) mass is 563 g/mol. The Morgan fingerprint density at radius 2 is 1.44 bits per heavy atom. The van der Waals surface area contributed by atoms with E-state index in [1.807, 2.05) is 67.6 Å². The quantitative estimate of drug-likeness (QED) is 0.271. The second kappa shape index (κ2) is 10.9. The summed E-state index contributed by atoms with van der Waals surface area (Å²) < 4.78 is 33.3. The van der Waals surface area contributed by atoms with Gasteiger partial charge in [0, 0.05) is 0 Å². The van der Waals surface area contributed by atoms with Crippen molar-refractivity contribution in [1.82, 2.24) is 5.32 Å². The van der Waals surface area contributed by atoms with Gasteiger partial charge in [0.25, 0.3) is 0 Å². The molecule has 0 spiro atoms. The van der Waals surface area contributed by atoms with Crippen LogP contribution in [-0.2, 0) is 24.0 Å². The van der Waals surface area contributed by atoms with Gasteiger partial charge in [-0.1, -0.05) is 0 Å². The maximum atomic E-state index is 13.1. The third kappa shape index (κ3) is 6.27. The summed E-state index contributed by atoms with van der Waals surface area (Å²) in [5.74, 6) is -0.198. The molecule has 0 heterocycles. The van der Waals surface area contributed by atoms with Crippen LogP contribution in [0.5, 0.6) is 0 Å². The summed E-state index contributed by atoms with van der Waals surface area (Å²) in [6.07, 6.45) is 0. The summed E-state index contributed by atoms with van der Waals surface area (Å²) in [7, 11) is -4.05. The van der Waals surface area contributed by atoms with Crippen LogP contribution in [0.25, 0.3) is 0 Å². The number of ketones is 1. The van der Waals surface area contributed by atoms with E-state index in [0.29, 0.717) is 15.8 Å². The van der Waals surface area contributed by atoms with Gasteiger partial charge in [-0.3, -0.25) is 0 Å². The van der Waals surface area contributed by atoms with E-state index in [4.69, 9.17) is 2.51 Å². The van der Waals surface area contributed by atoms with E-state index < -0.39 is 30.4 Å². The van der Waals surface area contributed by atoms with E-state index >= 15 is 0 Å². The molecule has 0 saturated carbocycles. The number of carbonyl (C=O) groups excluding carboxylic acids is 1. The van der Waals surface area contributed by atoms with Gasteiger partial charge in [-0.15, -0.1) is 0 Å². The number of allylic oxidation sites excluding steroid dienone is 2. The van der Waals surface area contributed by atoms with Crippen molar-refractivity contribution in [3.63, 3.8) is 0 Å². The van der Waals surface area contributed by atoms with Gasteiger partial charge < -0.3 is 0 Å². The number of benzene rings is 3. The van der Waals surface area contributed by atoms with Crippen molar-refractivity contribution in [3.8, 4) is 0 Å². The Morgan fingerprint density at radius 3 is 2.00 bits per heavy atom. The van der Waals surface area contributed by atoms with Gasteiger partial charge in [-0.25, -0.2) is 0 Å². The molecule has 0 unspecified atom stereocenters. The van der Waals surface area contributed by atoms with Crippen LogP contribution in [0.15, 0.2) is 99.1 Å². The van der Waals surface area contributed by atoms with Crippen molar-refractivity contribution in [2.45, 2.75) is 32.2 Å². The summed E-state index contributed by atoms with van der Waals surface area (Å²) >= 11 is -3.11. The second-order valence-corrected chi connectivity index (χ2v) is 13.5. The number of nitrogens with one attached hydrogen (secondary N) is 1. The zero-order valence-electron chi connectivity index (χ0n) is 18.2. The Bertz CT molecular complexity index is 1190. The molecule has 0 radical (unpaired) electrons. The normalized spacial score (nSPS) is 12.7. The van der Waals surface area contributed by atoms with E-state index in [9.17, 15) is 13.2 Å². The molecule has 0 bridgehead atoms. The van der Waals surface area contributed by atoms with E-state index in [1.165, 1.54) is 19.1 Å². The molecular weight excluding hydrogens is 537 g/mol. The maximum absolute atomic E-state index is 13.1. The van der Waals surface area contributed by atoms with Crippen molar-refractivity contribution in [2.75, 3.05) is 0 Å². The van der Waals surface area contributed by atoms with Crippen molar-refractivity contribution in [2.24, 2.45) is 0 Å². The van der Waals surface area contributed by atoms with E-state index in [1.54, 1.807) is 19.1 Å². The van der Waals surface area contributed by atoms with E-state index in [2.05, 4.69) is 5.32 Å². The zero-order chi connectivity index (χ0) is 23.1. The molecule has 0 aliphatic carbocycles. The minimum absolute atomic E-state index is 0.0825. The number of hydrogen-bond acceptors (Lipinski definition) is 5. The molecule has 0 aliphatic rings. The number of aryl methyl sites for hydroxylation is 1. The van der Waals surface area contributed by atoms with Crippen molar-refractivity contribution < 1.29 is 15.7 Å². The van der Waals surface area contributed by atoms with Crippen LogP contribution < -0.4 is 5.32 Å². The molecule has 0 atom stereocenters. The minimum atomic E-state index is -4.05. The average molecular weight is 563 g/mol. The Hall–Kier alpha value is -2.49. The van der Waals surface area contributed by atoms with Gasteiger partial charge in [-0.05, 0) is 0 Å².